The maximum absolute atomic E-state index is 5.51. The van der Waals surface area contributed by atoms with Crippen molar-refractivity contribution in [1.82, 2.24) is 0 Å². The molecule has 1 fully saturated rings. The Hall–Kier alpha value is -1.76. The molecule has 20 heavy (non-hydrogen) atoms. The fraction of sp³-hybridized carbons (Fsp3) is 0.368. The zero-order valence-electron chi connectivity index (χ0n) is 12.7. The third kappa shape index (κ3) is 2.22. The molecule has 0 aliphatic heterocycles. The first-order chi connectivity index (χ1) is 9.61. The van der Waals surface area contributed by atoms with Crippen LogP contribution < -0.4 is 4.74 Å². The van der Waals surface area contributed by atoms with Crippen LogP contribution in [0.5, 0.6) is 5.75 Å². The van der Waals surface area contributed by atoms with Crippen LogP contribution in [0.1, 0.15) is 46.1 Å². The van der Waals surface area contributed by atoms with Crippen molar-refractivity contribution in [2.45, 2.75) is 39.0 Å². The van der Waals surface area contributed by atoms with Crippen LogP contribution in [0.2, 0.25) is 0 Å². The smallest absolute Gasteiger partial charge is 0.122 e. The van der Waals surface area contributed by atoms with E-state index < -0.39 is 0 Å². The van der Waals surface area contributed by atoms with Gasteiger partial charge in [-0.15, -0.1) is 0 Å². The minimum Gasteiger partial charge on any atom is -0.496 e. The Morgan fingerprint density at radius 1 is 0.950 bits per heavy atom. The van der Waals surface area contributed by atoms with E-state index >= 15 is 0 Å². The molecule has 1 nitrogen and oxygen atoms in total. The molecule has 0 spiro atoms. The molecule has 1 aliphatic rings. The molecule has 0 radical (unpaired) electrons. The van der Waals surface area contributed by atoms with Crippen molar-refractivity contribution >= 4 is 0 Å². The number of benzene rings is 2. The van der Waals surface area contributed by atoms with E-state index in [9.17, 15) is 0 Å². The van der Waals surface area contributed by atoms with Gasteiger partial charge in [0.15, 0.2) is 0 Å². The van der Waals surface area contributed by atoms with Crippen molar-refractivity contribution in [3.05, 3.63) is 64.2 Å². The molecule has 0 amide bonds. The highest BCUT2D eigenvalue weighted by Crippen LogP contribution is 2.57. The fourth-order valence-corrected chi connectivity index (χ4v) is 3.61. The van der Waals surface area contributed by atoms with Crippen LogP contribution in [0.3, 0.4) is 0 Å². The van der Waals surface area contributed by atoms with Gasteiger partial charge < -0.3 is 4.74 Å². The lowest BCUT2D eigenvalue weighted by Gasteiger charge is -2.12. The summed E-state index contributed by atoms with van der Waals surface area (Å²) in [7, 11) is 1.76. The average molecular weight is 266 g/mol. The molecule has 2 aromatic rings. The number of hydrogen-bond acceptors (Lipinski definition) is 1. The van der Waals surface area contributed by atoms with Crippen LogP contribution in [-0.4, -0.2) is 7.11 Å². The molecule has 3 rings (SSSR count). The van der Waals surface area contributed by atoms with Gasteiger partial charge in [-0.25, -0.2) is 0 Å². The average Bonchev–Trinajstić information content (AvgIpc) is 3.17. The standard InChI is InChI=1S/C19H22O/c1-12-9-13(2)19(14(3)10-12)17-11-16(17)15-7-5-6-8-18(15)20-4/h5-10,16-17H,11H2,1-4H3/t16-,17+/m1/s1. The summed E-state index contributed by atoms with van der Waals surface area (Å²) in [6.45, 7) is 6.66. The molecule has 0 saturated heterocycles. The second-order valence-electron chi connectivity index (χ2n) is 6.00. The Labute approximate surface area is 121 Å². The molecule has 2 aromatic carbocycles. The van der Waals surface area contributed by atoms with Crippen molar-refractivity contribution in [3.63, 3.8) is 0 Å². The summed E-state index contributed by atoms with van der Waals surface area (Å²) in [6.07, 6.45) is 1.24. The highest BCUT2D eigenvalue weighted by Gasteiger charge is 2.42. The van der Waals surface area contributed by atoms with E-state index in [2.05, 4.69) is 51.1 Å². The topological polar surface area (TPSA) is 9.23 Å². The lowest BCUT2D eigenvalue weighted by Crippen LogP contribution is -1.95. The van der Waals surface area contributed by atoms with Crippen LogP contribution >= 0.6 is 0 Å². The van der Waals surface area contributed by atoms with Crippen LogP contribution in [0.15, 0.2) is 36.4 Å². The summed E-state index contributed by atoms with van der Waals surface area (Å²) in [5.41, 5.74) is 7.14. The SMILES string of the molecule is COc1ccccc1[C@H]1C[C@@H]1c1c(C)cc(C)cc1C. The number of hydrogen-bond donors (Lipinski definition) is 0. The predicted molar refractivity (Wildman–Crippen MR) is 83.7 cm³/mol. The second kappa shape index (κ2) is 4.97. The third-order valence-corrected chi connectivity index (χ3v) is 4.44. The first-order valence-electron chi connectivity index (χ1n) is 7.32. The van der Waals surface area contributed by atoms with Gasteiger partial charge in [0.1, 0.15) is 5.75 Å². The lowest BCUT2D eigenvalue weighted by atomic mass is 9.94. The minimum atomic E-state index is 0.617. The van der Waals surface area contributed by atoms with Crippen LogP contribution in [0.25, 0.3) is 0 Å². The van der Waals surface area contributed by atoms with Gasteiger partial charge in [0.05, 0.1) is 7.11 Å². The van der Waals surface area contributed by atoms with Gasteiger partial charge in [-0.05, 0) is 67.3 Å². The quantitative estimate of drug-likeness (QED) is 0.768. The molecule has 104 valence electrons. The molecule has 0 aromatic heterocycles. The summed E-state index contributed by atoms with van der Waals surface area (Å²) in [6, 6.07) is 13.0. The largest absolute Gasteiger partial charge is 0.496 e. The molecule has 0 N–H and O–H groups in total. The lowest BCUT2D eigenvalue weighted by molar-refractivity contribution is 0.409. The predicted octanol–water partition coefficient (Wildman–Crippen LogP) is 4.89. The van der Waals surface area contributed by atoms with Gasteiger partial charge in [0.25, 0.3) is 0 Å². The number of aryl methyl sites for hydroxylation is 3. The minimum absolute atomic E-state index is 0.617. The number of ether oxygens (including phenoxy) is 1. The van der Waals surface area contributed by atoms with E-state index in [4.69, 9.17) is 4.74 Å². The van der Waals surface area contributed by atoms with Gasteiger partial charge in [-0.2, -0.15) is 0 Å². The number of rotatable bonds is 3. The van der Waals surface area contributed by atoms with E-state index in [-0.39, 0.29) is 0 Å². The van der Waals surface area contributed by atoms with Crippen LogP contribution in [-0.2, 0) is 0 Å². The second-order valence-corrected chi connectivity index (χ2v) is 6.00. The number of methoxy groups -OCH3 is 1. The number of para-hydroxylation sites is 1. The van der Waals surface area contributed by atoms with E-state index in [0.717, 1.165) is 5.75 Å². The Kier molecular flexibility index (Phi) is 3.29. The Balaban J connectivity index is 1.93. The molecule has 0 heterocycles. The van der Waals surface area contributed by atoms with E-state index in [0.29, 0.717) is 11.8 Å². The molecule has 1 saturated carbocycles. The van der Waals surface area contributed by atoms with Gasteiger partial charge in [0.2, 0.25) is 0 Å². The zero-order chi connectivity index (χ0) is 14.3. The first-order valence-corrected chi connectivity index (χ1v) is 7.32. The Morgan fingerprint density at radius 2 is 1.60 bits per heavy atom. The molecular weight excluding hydrogens is 244 g/mol. The van der Waals surface area contributed by atoms with Crippen LogP contribution in [0.4, 0.5) is 0 Å². The highest BCUT2D eigenvalue weighted by atomic mass is 16.5. The molecular formula is C19H22O. The maximum Gasteiger partial charge on any atom is 0.122 e. The van der Waals surface area contributed by atoms with Crippen LogP contribution in [0, 0.1) is 20.8 Å². The first kappa shape index (κ1) is 13.2. The van der Waals surface area contributed by atoms with Crippen molar-refractivity contribution in [1.29, 1.82) is 0 Å². The summed E-state index contributed by atoms with van der Waals surface area (Å²) in [4.78, 5) is 0. The fourth-order valence-electron chi connectivity index (χ4n) is 3.61. The zero-order valence-corrected chi connectivity index (χ0v) is 12.7. The normalized spacial score (nSPS) is 20.8. The third-order valence-electron chi connectivity index (χ3n) is 4.44. The van der Waals surface area contributed by atoms with Gasteiger partial charge >= 0.3 is 0 Å². The summed E-state index contributed by atoms with van der Waals surface area (Å²) in [5.74, 6) is 2.31. The van der Waals surface area contributed by atoms with Crippen molar-refractivity contribution < 1.29 is 4.74 Å². The van der Waals surface area contributed by atoms with Crippen molar-refractivity contribution in [3.8, 4) is 5.75 Å². The summed E-state index contributed by atoms with van der Waals surface area (Å²) >= 11 is 0. The molecule has 2 atom stereocenters. The van der Waals surface area contributed by atoms with Gasteiger partial charge in [-0.3, -0.25) is 0 Å². The summed E-state index contributed by atoms with van der Waals surface area (Å²) < 4.78 is 5.51. The van der Waals surface area contributed by atoms with Gasteiger partial charge in [0, 0.05) is 0 Å². The molecule has 0 unspecified atom stereocenters. The van der Waals surface area contributed by atoms with E-state index in [1.54, 1.807) is 12.7 Å². The molecule has 1 heteroatoms. The Bertz CT molecular complexity index is 619. The van der Waals surface area contributed by atoms with Crippen molar-refractivity contribution in [2.75, 3.05) is 7.11 Å². The monoisotopic (exact) mass is 266 g/mol. The van der Waals surface area contributed by atoms with Crippen molar-refractivity contribution in [2.24, 2.45) is 0 Å². The van der Waals surface area contributed by atoms with Gasteiger partial charge in [-0.1, -0.05) is 35.9 Å². The van der Waals surface area contributed by atoms with E-state index in [1.165, 1.54) is 28.7 Å². The summed E-state index contributed by atoms with van der Waals surface area (Å²) in [5, 5.41) is 0. The Morgan fingerprint density at radius 3 is 2.25 bits per heavy atom. The molecule has 0 bridgehead atoms. The highest BCUT2D eigenvalue weighted by molar-refractivity contribution is 5.49. The maximum atomic E-state index is 5.51. The molecule has 1 aliphatic carbocycles. The van der Waals surface area contributed by atoms with E-state index in [1.807, 2.05) is 6.07 Å².